The molecule has 2 aromatic carbocycles. The monoisotopic (exact) mass is 402 g/mol. The van der Waals surface area contributed by atoms with Crippen molar-refractivity contribution >= 4 is 33.5 Å². The van der Waals surface area contributed by atoms with Gasteiger partial charge in [-0.05, 0) is 42.8 Å². The van der Waals surface area contributed by atoms with Crippen LogP contribution in [0, 0.1) is 0 Å². The van der Waals surface area contributed by atoms with Crippen LogP contribution >= 0.6 is 0 Å². The SMILES string of the molecule is CC(=O)Nc1ccc(S(=O)(=O)OCCCN2C(=O)c3ccccc3C2=O)cc1. The second kappa shape index (κ2) is 7.91. The molecule has 0 fully saturated rings. The number of hydrogen-bond acceptors (Lipinski definition) is 6. The Hall–Kier alpha value is -3.04. The van der Waals surface area contributed by atoms with Gasteiger partial charge in [0.1, 0.15) is 0 Å². The van der Waals surface area contributed by atoms with Crippen LogP contribution < -0.4 is 5.32 Å². The number of carbonyl (C=O) groups is 3. The highest BCUT2D eigenvalue weighted by atomic mass is 32.2. The normalized spacial score (nSPS) is 13.5. The van der Waals surface area contributed by atoms with Crippen molar-refractivity contribution in [2.45, 2.75) is 18.2 Å². The van der Waals surface area contributed by atoms with E-state index in [1.807, 2.05) is 0 Å². The van der Waals surface area contributed by atoms with Gasteiger partial charge in [-0.3, -0.25) is 23.5 Å². The molecule has 0 saturated carbocycles. The summed E-state index contributed by atoms with van der Waals surface area (Å²) in [6, 6.07) is 12.1. The number of anilines is 1. The van der Waals surface area contributed by atoms with Gasteiger partial charge in [-0.25, -0.2) is 0 Å². The Bertz CT molecular complexity index is 996. The maximum Gasteiger partial charge on any atom is 0.296 e. The molecule has 1 aliphatic heterocycles. The number of fused-ring (bicyclic) bond motifs is 1. The zero-order valence-electron chi connectivity index (χ0n) is 15.0. The summed E-state index contributed by atoms with van der Waals surface area (Å²) in [6.45, 7) is 1.23. The van der Waals surface area contributed by atoms with Crippen LogP contribution in [0.5, 0.6) is 0 Å². The first kappa shape index (κ1) is 19.7. The molecule has 0 atom stereocenters. The standard InChI is InChI=1S/C19H18N2O6S/c1-13(22)20-14-7-9-15(10-8-14)28(25,26)27-12-4-11-21-18(23)16-5-2-3-6-17(16)19(21)24/h2-3,5-10H,4,11-12H2,1H3,(H,20,22). The lowest BCUT2D eigenvalue weighted by Gasteiger charge is -2.13. The zero-order chi connectivity index (χ0) is 20.3. The van der Waals surface area contributed by atoms with Gasteiger partial charge < -0.3 is 5.32 Å². The second-order valence-electron chi connectivity index (χ2n) is 6.14. The Morgan fingerprint density at radius 3 is 2.11 bits per heavy atom. The first-order chi connectivity index (χ1) is 13.3. The van der Waals surface area contributed by atoms with Crippen molar-refractivity contribution in [1.82, 2.24) is 4.90 Å². The van der Waals surface area contributed by atoms with Gasteiger partial charge >= 0.3 is 0 Å². The molecular formula is C19H18N2O6S. The summed E-state index contributed by atoms with van der Waals surface area (Å²) in [5, 5.41) is 2.54. The predicted molar refractivity (Wildman–Crippen MR) is 100 cm³/mol. The maximum atomic E-state index is 12.2. The van der Waals surface area contributed by atoms with Crippen LogP contribution in [0.3, 0.4) is 0 Å². The van der Waals surface area contributed by atoms with Gasteiger partial charge in [-0.15, -0.1) is 0 Å². The number of rotatable bonds is 7. The Labute approximate surface area is 162 Å². The van der Waals surface area contributed by atoms with Crippen LogP contribution in [-0.2, 0) is 19.1 Å². The molecule has 1 aliphatic rings. The van der Waals surface area contributed by atoms with E-state index in [2.05, 4.69) is 5.32 Å². The van der Waals surface area contributed by atoms with E-state index in [-0.39, 0.29) is 30.4 Å². The maximum absolute atomic E-state index is 12.2. The predicted octanol–water partition coefficient (Wildman–Crippen LogP) is 2.04. The van der Waals surface area contributed by atoms with Gasteiger partial charge in [-0.1, -0.05) is 12.1 Å². The van der Waals surface area contributed by atoms with Gasteiger partial charge in [0.25, 0.3) is 21.9 Å². The molecule has 0 bridgehead atoms. The average Bonchev–Trinajstić information content (AvgIpc) is 2.90. The molecule has 28 heavy (non-hydrogen) atoms. The molecular weight excluding hydrogens is 384 g/mol. The third kappa shape index (κ3) is 4.10. The highest BCUT2D eigenvalue weighted by molar-refractivity contribution is 7.86. The molecule has 3 rings (SSSR count). The number of carbonyl (C=O) groups excluding carboxylic acids is 3. The van der Waals surface area contributed by atoms with Gasteiger partial charge in [0.05, 0.1) is 22.6 Å². The summed E-state index contributed by atoms with van der Waals surface area (Å²) >= 11 is 0. The first-order valence-corrected chi connectivity index (χ1v) is 9.93. The van der Waals surface area contributed by atoms with Crippen LogP contribution in [0.2, 0.25) is 0 Å². The van der Waals surface area contributed by atoms with E-state index in [1.54, 1.807) is 24.3 Å². The quantitative estimate of drug-likeness (QED) is 0.431. The summed E-state index contributed by atoms with van der Waals surface area (Å²) in [7, 11) is -3.98. The average molecular weight is 402 g/mol. The summed E-state index contributed by atoms with van der Waals surface area (Å²) in [5.41, 5.74) is 1.16. The highest BCUT2D eigenvalue weighted by Gasteiger charge is 2.34. The molecule has 9 heteroatoms. The van der Waals surface area contributed by atoms with Gasteiger partial charge in [0, 0.05) is 19.2 Å². The molecule has 0 spiro atoms. The molecule has 0 unspecified atom stereocenters. The molecule has 0 saturated heterocycles. The lowest BCUT2D eigenvalue weighted by molar-refractivity contribution is -0.114. The fourth-order valence-electron chi connectivity index (χ4n) is 2.81. The number of benzene rings is 2. The van der Waals surface area contributed by atoms with Crippen molar-refractivity contribution < 1.29 is 27.0 Å². The molecule has 3 amide bonds. The van der Waals surface area contributed by atoms with E-state index in [0.717, 1.165) is 4.90 Å². The number of amides is 3. The summed E-state index contributed by atoms with van der Waals surface area (Å²) in [5.74, 6) is -1.05. The van der Waals surface area contributed by atoms with Crippen molar-refractivity contribution in [3.63, 3.8) is 0 Å². The van der Waals surface area contributed by atoms with Crippen molar-refractivity contribution in [3.8, 4) is 0 Å². The van der Waals surface area contributed by atoms with E-state index in [1.165, 1.54) is 31.2 Å². The smallest absolute Gasteiger partial charge is 0.296 e. The van der Waals surface area contributed by atoms with Crippen LogP contribution in [0.1, 0.15) is 34.1 Å². The Kier molecular flexibility index (Phi) is 5.57. The van der Waals surface area contributed by atoms with E-state index in [0.29, 0.717) is 16.8 Å². The number of imide groups is 1. The minimum absolute atomic E-state index is 0.0534. The molecule has 2 aromatic rings. The molecule has 1 heterocycles. The Balaban J connectivity index is 1.54. The van der Waals surface area contributed by atoms with E-state index in [4.69, 9.17) is 4.18 Å². The van der Waals surface area contributed by atoms with E-state index >= 15 is 0 Å². The second-order valence-corrected chi connectivity index (χ2v) is 7.76. The molecule has 1 N–H and O–H groups in total. The third-order valence-corrected chi connectivity index (χ3v) is 5.43. The molecule has 146 valence electrons. The first-order valence-electron chi connectivity index (χ1n) is 8.52. The molecule has 0 radical (unpaired) electrons. The largest absolute Gasteiger partial charge is 0.326 e. The molecule has 0 aromatic heterocycles. The summed E-state index contributed by atoms with van der Waals surface area (Å²) < 4.78 is 29.4. The third-order valence-electron chi connectivity index (χ3n) is 4.11. The highest BCUT2D eigenvalue weighted by Crippen LogP contribution is 2.22. The van der Waals surface area contributed by atoms with Crippen LogP contribution in [0.25, 0.3) is 0 Å². The van der Waals surface area contributed by atoms with E-state index < -0.39 is 21.9 Å². The Morgan fingerprint density at radius 2 is 1.57 bits per heavy atom. The minimum atomic E-state index is -3.98. The molecule has 0 aliphatic carbocycles. The minimum Gasteiger partial charge on any atom is -0.326 e. The Morgan fingerprint density at radius 1 is 1.00 bits per heavy atom. The van der Waals surface area contributed by atoms with Crippen LogP contribution in [0.4, 0.5) is 5.69 Å². The van der Waals surface area contributed by atoms with Gasteiger partial charge in [-0.2, -0.15) is 8.42 Å². The number of nitrogens with one attached hydrogen (secondary N) is 1. The van der Waals surface area contributed by atoms with Crippen molar-refractivity contribution in [3.05, 3.63) is 59.7 Å². The van der Waals surface area contributed by atoms with Crippen LogP contribution in [-0.4, -0.2) is 44.2 Å². The van der Waals surface area contributed by atoms with E-state index in [9.17, 15) is 22.8 Å². The van der Waals surface area contributed by atoms with Gasteiger partial charge in [0.15, 0.2) is 0 Å². The van der Waals surface area contributed by atoms with Crippen molar-refractivity contribution in [2.24, 2.45) is 0 Å². The zero-order valence-corrected chi connectivity index (χ0v) is 15.9. The fraction of sp³-hybridized carbons (Fsp3) is 0.211. The van der Waals surface area contributed by atoms with Crippen molar-refractivity contribution in [1.29, 1.82) is 0 Å². The van der Waals surface area contributed by atoms with Crippen molar-refractivity contribution in [2.75, 3.05) is 18.5 Å². The van der Waals surface area contributed by atoms with Gasteiger partial charge in [0.2, 0.25) is 5.91 Å². The lowest BCUT2D eigenvalue weighted by atomic mass is 10.1. The number of hydrogen-bond donors (Lipinski definition) is 1. The molecule has 8 nitrogen and oxygen atoms in total. The summed E-state index contributed by atoms with van der Waals surface area (Å²) in [6.07, 6.45) is 0.175. The number of nitrogens with zero attached hydrogens (tertiary/aromatic N) is 1. The lowest BCUT2D eigenvalue weighted by Crippen LogP contribution is -2.31. The topological polar surface area (TPSA) is 110 Å². The fourth-order valence-corrected chi connectivity index (χ4v) is 3.75. The van der Waals surface area contributed by atoms with Crippen LogP contribution in [0.15, 0.2) is 53.4 Å². The summed E-state index contributed by atoms with van der Waals surface area (Å²) in [4.78, 5) is 36.5.